The molecule has 0 unspecified atom stereocenters. The van der Waals surface area contributed by atoms with Crippen molar-refractivity contribution in [2.24, 2.45) is 0 Å². The van der Waals surface area contributed by atoms with E-state index in [1.165, 1.54) is 12.1 Å². The van der Waals surface area contributed by atoms with Gasteiger partial charge in [0.1, 0.15) is 12.4 Å². The van der Waals surface area contributed by atoms with E-state index >= 15 is 0 Å². The van der Waals surface area contributed by atoms with E-state index in [9.17, 15) is 9.18 Å². The predicted octanol–water partition coefficient (Wildman–Crippen LogP) is 3.69. The van der Waals surface area contributed by atoms with Crippen LogP contribution in [-0.4, -0.2) is 5.97 Å². The standard InChI is InChI=1S/C17H18FNO2/c1-10-5-4-6-11(2)15(10)9-21-17(20)14-8-13(19)7-12(3)16(14)18/h4-8H,9,19H2,1-3H3. The van der Waals surface area contributed by atoms with Crippen molar-refractivity contribution in [3.05, 3.63) is 64.0 Å². The average Bonchev–Trinajstić information content (AvgIpc) is 2.42. The van der Waals surface area contributed by atoms with Gasteiger partial charge in [0.25, 0.3) is 0 Å². The lowest BCUT2D eigenvalue weighted by Crippen LogP contribution is -2.10. The van der Waals surface area contributed by atoms with Gasteiger partial charge in [-0.2, -0.15) is 0 Å². The monoisotopic (exact) mass is 287 g/mol. The summed E-state index contributed by atoms with van der Waals surface area (Å²) in [6.45, 7) is 5.57. The Morgan fingerprint density at radius 1 is 1.14 bits per heavy atom. The number of benzene rings is 2. The lowest BCUT2D eigenvalue weighted by atomic mass is 10.0. The first kappa shape index (κ1) is 15.0. The number of halogens is 1. The molecule has 21 heavy (non-hydrogen) atoms. The van der Waals surface area contributed by atoms with Gasteiger partial charge < -0.3 is 10.5 Å². The topological polar surface area (TPSA) is 52.3 Å². The van der Waals surface area contributed by atoms with E-state index in [-0.39, 0.29) is 12.2 Å². The summed E-state index contributed by atoms with van der Waals surface area (Å²) in [4.78, 5) is 12.0. The molecule has 0 radical (unpaired) electrons. The first-order chi connectivity index (χ1) is 9.90. The van der Waals surface area contributed by atoms with E-state index in [1.807, 2.05) is 32.0 Å². The molecule has 0 atom stereocenters. The Bertz CT molecular complexity index is 675. The van der Waals surface area contributed by atoms with Gasteiger partial charge >= 0.3 is 5.97 Å². The smallest absolute Gasteiger partial charge is 0.341 e. The molecule has 2 N–H and O–H groups in total. The van der Waals surface area contributed by atoms with E-state index in [0.29, 0.717) is 11.3 Å². The third kappa shape index (κ3) is 3.21. The van der Waals surface area contributed by atoms with E-state index in [1.54, 1.807) is 6.92 Å². The molecule has 2 aromatic rings. The molecule has 2 aromatic carbocycles. The lowest BCUT2D eigenvalue weighted by molar-refractivity contribution is 0.0466. The molecular weight excluding hydrogens is 269 g/mol. The minimum Gasteiger partial charge on any atom is -0.457 e. The highest BCUT2D eigenvalue weighted by atomic mass is 19.1. The van der Waals surface area contributed by atoms with Crippen molar-refractivity contribution in [1.82, 2.24) is 0 Å². The largest absolute Gasteiger partial charge is 0.457 e. The summed E-state index contributed by atoms with van der Waals surface area (Å²) in [5, 5.41) is 0. The molecule has 0 heterocycles. The van der Waals surface area contributed by atoms with Crippen molar-refractivity contribution in [1.29, 1.82) is 0 Å². The molecule has 0 saturated heterocycles. The van der Waals surface area contributed by atoms with Crippen molar-refractivity contribution in [2.45, 2.75) is 27.4 Å². The highest BCUT2D eigenvalue weighted by Crippen LogP contribution is 2.20. The number of hydrogen-bond donors (Lipinski definition) is 1. The summed E-state index contributed by atoms with van der Waals surface area (Å²) in [5.41, 5.74) is 9.19. The average molecular weight is 287 g/mol. The number of anilines is 1. The second-order valence-corrected chi connectivity index (χ2v) is 5.15. The Morgan fingerprint density at radius 2 is 1.76 bits per heavy atom. The molecule has 4 heteroatoms. The fourth-order valence-electron chi connectivity index (χ4n) is 2.24. The zero-order chi connectivity index (χ0) is 15.6. The second-order valence-electron chi connectivity index (χ2n) is 5.15. The van der Waals surface area contributed by atoms with Crippen LogP contribution in [0.2, 0.25) is 0 Å². The van der Waals surface area contributed by atoms with Crippen LogP contribution in [0.25, 0.3) is 0 Å². The van der Waals surface area contributed by atoms with Crippen LogP contribution in [0.1, 0.15) is 32.6 Å². The maximum absolute atomic E-state index is 14.0. The highest BCUT2D eigenvalue weighted by Gasteiger charge is 2.17. The van der Waals surface area contributed by atoms with Crippen LogP contribution in [0.5, 0.6) is 0 Å². The molecule has 0 saturated carbocycles. The normalized spacial score (nSPS) is 10.5. The van der Waals surface area contributed by atoms with Crippen LogP contribution in [0.3, 0.4) is 0 Å². The third-order valence-electron chi connectivity index (χ3n) is 3.49. The van der Waals surface area contributed by atoms with E-state index in [4.69, 9.17) is 10.5 Å². The van der Waals surface area contributed by atoms with Gasteiger partial charge in [0.05, 0.1) is 5.56 Å². The Hall–Kier alpha value is -2.36. The molecule has 2 rings (SSSR count). The predicted molar refractivity (Wildman–Crippen MR) is 80.6 cm³/mol. The summed E-state index contributed by atoms with van der Waals surface area (Å²) < 4.78 is 19.2. The third-order valence-corrected chi connectivity index (χ3v) is 3.49. The van der Waals surface area contributed by atoms with Gasteiger partial charge in [-0.15, -0.1) is 0 Å². The Kier molecular flexibility index (Phi) is 4.26. The fourth-order valence-corrected chi connectivity index (χ4v) is 2.24. The van der Waals surface area contributed by atoms with Crippen molar-refractivity contribution >= 4 is 11.7 Å². The first-order valence-electron chi connectivity index (χ1n) is 6.68. The number of carbonyl (C=O) groups is 1. The molecule has 0 aliphatic rings. The van der Waals surface area contributed by atoms with Crippen LogP contribution >= 0.6 is 0 Å². The van der Waals surface area contributed by atoms with E-state index in [0.717, 1.165) is 16.7 Å². The van der Waals surface area contributed by atoms with E-state index in [2.05, 4.69) is 0 Å². The molecule has 0 fully saturated rings. The molecular formula is C17H18FNO2. The molecule has 0 bridgehead atoms. The molecule has 0 aliphatic heterocycles. The van der Waals surface area contributed by atoms with Crippen molar-refractivity contribution < 1.29 is 13.9 Å². The van der Waals surface area contributed by atoms with Gasteiger partial charge in [-0.25, -0.2) is 9.18 Å². The van der Waals surface area contributed by atoms with Crippen molar-refractivity contribution in [3.8, 4) is 0 Å². The first-order valence-corrected chi connectivity index (χ1v) is 6.68. The summed E-state index contributed by atoms with van der Waals surface area (Å²) in [7, 11) is 0. The van der Waals surface area contributed by atoms with Gasteiger partial charge in [0, 0.05) is 5.69 Å². The molecule has 0 aliphatic carbocycles. The number of esters is 1. The van der Waals surface area contributed by atoms with Crippen LogP contribution in [-0.2, 0) is 11.3 Å². The number of hydrogen-bond acceptors (Lipinski definition) is 3. The molecule has 0 aromatic heterocycles. The summed E-state index contributed by atoms with van der Waals surface area (Å²) in [6.07, 6.45) is 0. The van der Waals surface area contributed by atoms with Crippen molar-refractivity contribution in [3.63, 3.8) is 0 Å². The summed E-state index contributed by atoms with van der Waals surface area (Å²) >= 11 is 0. The number of nitrogen functional groups attached to an aromatic ring is 1. The highest BCUT2D eigenvalue weighted by molar-refractivity contribution is 5.91. The van der Waals surface area contributed by atoms with Gasteiger partial charge in [-0.3, -0.25) is 0 Å². The zero-order valence-corrected chi connectivity index (χ0v) is 12.4. The fraction of sp³-hybridized carbons (Fsp3) is 0.235. The number of rotatable bonds is 3. The molecule has 3 nitrogen and oxygen atoms in total. The molecule has 0 spiro atoms. The summed E-state index contributed by atoms with van der Waals surface area (Å²) in [5.74, 6) is -1.29. The van der Waals surface area contributed by atoms with Gasteiger partial charge in [0.15, 0.2) is 0 Å². The van der Waals surface area contributed by atoms with Crippen LogP contribution in [0, 0.1) is 26.6 Å². The van der Waals surface area contributed by atoms with Crippen LogP contribution < -0.4 is 5.73 Å². The van der Waals surface area contributed by atoms with Crippen LogP contribution in [0.4, 0.5) is 10.1 Å². The summed E-state index contributed by atoms with van der Waals surface area (Å²) in [6, 6.07) is 8.62. The Balaban J connectivity index is 2.20. The number of carbonyl (C=O) groups excluding carboxylic acids is 1. The van der Waals surface area contributed by atoms with Gasteiger partial charge in [-0.1, -0.05) is 18.2 Å². The Labute approximate surface area is 123 Å². The lowest BCUT2D eigenvalue weighted by Gasteiger charge is -2.11. The van der Waals surface area contributed by atoms with Crippen LogP contribution in [0.15, 0.2) is 30.3 Å². The molecule has 0 amide bonds. The maximum atomic E-state index is 14.0. The SMILES string of the molecule is Cc1cc(N)cc(C(=O)OCc2c(C)cccc2C)c1F. The Morgan fingerprint density at radius 3 is 2.38 bits per heavy atom. The second kappa shape index (κ2) is 5.95. The molecule has 110 valence electrons. The van der Waals surface area contributed by atoms with E-state index < -0.39 is 11.8 Å². The van der Waals surface area contributed by atoms with Crippen molar-refractivity contribution in [2.75, 3.05) is 5.73 Å². The van der Waals surface area contributed by atoms with Gasteiger partial charge in [-0.05, 0) is 55.2 Å². The minimum atomic E-state index is -0.703. The minimum absolute atomic E-state index is 0.116. The number of nitrogens with two attached hydrogens (primary N) is 1. The van der Waals surface area contributed by atoms with Gasteiger partial charge in [0.2, 0.25) is 0 Å². The quantitative estimate of drug-likeness (QED) is 0.692. The zero-order valence-electron chi connectivity index (χ0n) is 12.4. The number of ether oxygens (including phenoxy) is 1. The number of aryl methyl sites for hydroxylation is 3. The maximum Gasteiger partial charge on any atom is 0.341 e.